The van der Waals surface area contributed by atoms with Gasteiger partial charge in [-0.15, -0.1) is 0 Å². The number of ether oxygens (including phenoxy) is 1. The molecule has 0 spiro atoms. The monoisotopic (exact) mass is 372 g/mol. The summed E-state index contributed by atoms with van der Waals surface area (Å²) in [4.78, 5) is 0. The molecule has 2 fully saturated rings. The van der Waals surface area contributed by atoms with Crippen LogP contribution in [0.15, 0.2) is 0 Å². The van der Waals surface area contributed by atoms with E-state index in [1.165, 1.54) is 25.7 Å². The van der Waals surface area contributed by atoms with E-state index in [9.17, 15) is 0 Å². The van der Waals surface area contributed by atoms with Gasteiger partial charge in [0.1, 0.15) is 0 Å². The molecule has 3 atom stereocenters. The first kappa shape index (κ1) is 21.4. The fraction of sp³-hybridized carbons (Fsp3) is 1.00. The Morgan fingerprint density at radius 1 is 0.800 bits per heavy atom. The van der Waals surface area contributed by atoms with Crippen LogP contribution < -0.4 is 0 Å². The minimum atomic E-state index is -2.54. The average Bonchev–Trinajstić information content (AvgIpc) is 3.39. The van der Waals surface area contributed by atoms with Gasteiger partial charge in [0.15, 0.2) is 0 Å². The van der Waals surface area contributed by atoms with Crippen molar-refractivity contribution >= 4 is 8.80 Å². The molecule has 4 nitrogen and oxygen atoms in total. The number of fused-ring (bicyclic) bond motifs is 1. The molecule has 148 valence electrons. The van der Waals surface area contributed by atoms with Gasteiger partial charge in [-0.2, -0.15) is 0 Å². The highest BCUT2D eigenvalue weighted by Crippen LogP contribution is 2.41. The number of hydrogen-bond acceptors (Lipinski definition) is 4. The van der Waals surface area contributed by atoms with Crippen molar-refractivity contribution in [2.24, 2.45) is 5.92 Å². The molecule has 25 heavy (non-hydrogen) atoms. The molecule has 0 radical (unpaired) electrons. The van der Waals surface area contributed by atoms with Crippen molar-refractivity contribution in [3.8, 4) is 0 Å². The lowest BCUT2D eigenvalue weighted by atomic mass is 9.88. The van der Waals surface area contributed by atoms with E-state index < -0.39 is 8.80 Å². The third kappa shape index (κ3) is 7.67. The van der Waals surface area contributed by atoms with Crippen LogP contribution in [0.3, 0.4) is 0 Å². The first-order chi connectivity index (χ1) is 12.2. The van der Waals surface area contributed by atoms with Crippen LogP contribution in [0.1, 0.15) is 85.0 Å². The molecule has 0 amide bonds. The van der Waals surface area contributed by atoms with E-state index in [1.807, 2.05) is 0 Å². The highest BCUT2D eigenvalue weighted by molar-refractivity contribution is 6.60. The maximum Gasteiger partial charge on any atom is 0.500 e. The Labute approximate surface area is 156 Å². The van der Waals surface area contributed by atoms with Crippen molar-refractivity contribution < 1.29 is 18.0 Å². The van der Waals surface area contributed by atoms with E-state index in [2.05, 4.69) is 20.8 Å². The molecule has 2 rings (SSSR count). The third-order valence-corrected chi connectivity index (χ3v) is 8.26. The maximum absolute atomic E-state index is 6.35. The van der Waals surface area contributed by atoms with Crippen molar-refractivity contribution in [1.82, 2.24) is 0 Å². The summed E-state index contributed by atoms with van der Waals surface area (Å²) in [5, 5.41) is 0. The van der Waals surface area contributed by atoms with Gasteiger partial charge in [0, 0.05) is 25.9 Å². The Morgan fingerprint density at radius 2 is 1.36 bits per heavy atom. The van der Waals surface area contributed by atoms with Gasteiger partial charge in [-0.1, -0.05) is 40.0 Å². The molecule has 0 N–H and O–H groups in total. The lowest BCUT2D eigenvalue weighted by Crippen LogP contribution is -2.47. The highest BCUT2D eigenvalue weighted by Gasteiger charge is 2.46. The first-order valence-corrected chi connectivity index (χ1v) is 12.7. The molecule has 5 heteroatoms. The number of rotatable bonds is 15. The summed E-state index contributed by atoms with van der Waals surface area (Å²) in [6, 6.07) is 0.978. The predicted octanol–water partition coefficient (Wildman–Crippen LogP) is 5.33. The van der Waals surface area contributed by atoms with Crippen molar-refractivity contribution in [3.05, 3.63) is 0 Å². The van der Waals surface area contributed by atoms with E-state index in [0.717, 1.165) is 70.3 Å². The fourth-order valence-electron chi connectivity index (χ4n) is 3.59. The van der Waals surface area contributed by atoms with Crippen LogP contribution in [-0.2, 0) is 18.0 Å². The Balaban J connectivity index is 1.88. The molecule has 0 aromatic heterocycles. The molecule has 3 unspecified atom stereocenters. The SMILES string of the molecule is CCCCO[Si](CCC1CCC2OC2C1)(OCCCC)OCCCC. The molecule has 1 saturated carbocycles. The number of unbranched alkanes of at least 4 members (excludes halogenated alkanes) is 3. The van der Waals surface area contributed by atoms with E-state index in [1.54, 1.807) is 0 Å². The van der Waals surface area contributed by atoms with Crippen LogP contribution in [0.2, 0.25) is 6.04 Å². The number of hydrogen-bond donors (Lipinski definition) is 0. The molecule has 0 bridgehead atoms. The summed E-state index contributed by atoms with van der Waals surface area (Å²) in [6.45, 7) is 8.95. The van der Waals surface area contributed by atoms with E-state index in [-0.39, 0.29) is 0 Å². The minimum absolute atomic E-state index is 0.554. The molecular weight excluding hydrogens is 332 g/mol. The molecule has 1 aliphatic carbocycles. The van der Waals surface area contributed by atoms with Crippen molar-refractivity contribution in [2.75, 3.05) is 19.8 Å². The van der Waals surface area contributed by atoms with Gasteiger partial charge in [-0.25, -0.2) is 0 Å². The summed E-state index contributed by atoms with van der Waals surface area (Å²) in [7, 11) is -2.54. The molecule has 0 aromatic rings. The van der Waals surface area contributed by atoms with Crippen LogP contribution in [0.25, 0.3) is 0 Å². The third-order valence-electron chi connectivity index (χ3n) is 5.43. The van der Waals surface area contributed by atoms with Crippen molar-refractivity contribution in [1.29, 1.82) is 0 Å². The van der Waals surface area contributed by atoms with Gasteiger partial charge < -0.3 is 18.0 Å². The summed E-state index contributed by atoms with van der Waals surface area (Å²) in [5.41, 5.74) is 0. The average molecular weight is 373 g/mol. The lowest BCUT2D eigenvalue weighted by Gasteiger charge is -2.31. The molecule has 1 saturated heterocycles. The minimum Gasteiger partial charge on any atom is -0.373 e. The van der Waals surface area contributed by atoms with Gasteiger partial charge in [-0.05, 0) is 50.9 Å². The lowest BCUT2D eigenvalue weighted by molar-refractivity contribution is 0.0543. The quantitative estimate of drug-likeness (QED) is 0.221. The molecule has 1 heterocycles. The second-order valence-electron chi connectivity index (χ2n) is 7.72. The van der Waals surface area contributed by atoms with Crippen LogP contribution in [0.4, 0.5) is 0 Å². The largest absolute Gasteiger partial charge is 0.500 e. The molecular formula is C20H40O4Si. The summed E-state index contributed by atoms with van der Waals surface area (Å²) in [6.07, 6.45) is 12.8. The van der Waals surface area contributed by atoms with E-state index in [4.69, 9.17) is 18.0 Å². The Kier molecular flexibility index (Phi) is 10.00. The van der Waals surface area contributed by atoms with Gasteiger partial charge in [-0.3, -0.25) is 0 Å². The van der Waals surface area contributed by atoms with Crippen LogP contribution in [0, 0.1) is 5.92 Å². The van der Waals surface area contributed by atoms with Gasteiger partial charge >= 0.3 is 8.80 Å². The molecule has 0 aromatic carbocycles. The summed E-state index contributed by atoms with van der Waals surface area (Å²) in [5.74, 6) is 0.759. The number of epoxide rings is 1. The van der Waals surface area contributed by atoms with E-state index in [0.29, 0.717) is 12.2 Å². The van der Waals surface area contributed by atoms with Crippen LogP contribution in [-0.4, -0.2) is 40.8 Å². The second-order valence-corrected chi connectivity index (χ2v) is 10.5. The topological polar surface area (TPSA) is 40.2 Å². The zero-order valence-corrected chi connectivity index (χ0v) is 17.8. The Bertz CT molecular complexity index is 326. The smallest absolute Gasteiger partial charge is 0.373 e. The van der Waals surface area contributed by atoms with Gasteiger partial charge in [0.05, 0.1) is 12.2 Å². The van der Waals surface area contributed by atoms with Crippen molar-refractivity contribution in [2.45, 2.75) is 103 Å². The standard InChI is InChI=1S/C20H40O4Si/c1-4-7-13-21-25(22-14-8-5-2,23-15-9-6-3)16-12-18-10-11-19-20(17-18)24-19/h18-20H,4-17H2,1-3H3. The Hall–Kier alpha value is 0.0569. The van der Waals surface area contributed by atoms with Crippen LogP contribution >= 0.6 is 0 Å². The Morgan fingerprint density at radius 3 is 1.84 bits per heavy atom. The van der Waals surface area contributed by atoms with E-state index >= 15 is 0 Å². The fourth-order valence-corrected chi connectivity index (χ4v) is 6.40. The summed E-state index contributed by atoms with van der Waals surface area (Å²) >= 11 is 0. The predicted molar refractivity (Wildman–Crippen MR) is 104 cm³/mol. The zero-order valence-electron chi connectivity index (χ0n) is 16.8. The first-order valence-electron chi connectivity index (χ1n) is 10.8. The van der Waals surface area contributed by atoms with Gasteiger partial charge in [0.25, 0.3) is 0 Å². The summed E-state index contributed by atoms with van der Waals surface area (Å²) < 4.78 is 24.8. The molecule has 1 aliphatic heterocycles. The maximum atomic E-state index is 6.35. The van der Waals surface area contributed by atoms with Gasteiger partial charge in [0.2, 0.25) is 0 Å². The van der Waals surface area contributed by atoms with Crippen molar-refractivity contribution in [3.63, 3.8) is 0 Å². The normalized spacial score (nSPS) is 25.8. The molecule has 2 aliphatic rings. The van der Waals surface area contributed by atoms with Crippen LogP contribution in [0.5, 0.6) is 0 Å². The second kappa shape index (κ2) is 11.7. The highest BCUT2D eigenvalue weighted by atomic mass is 28.4. The zero-order chi connectivity index (χ0) is 18.0.